The molecule has 0 aliphatic rings. The van der Waals surface area contributed by atoms with Crippen LogP contribution in [-0.2, 0) is 12.8 Å². The molecule has 4 amide bonds. The van der Waals surface area contributed by atoms with Gasteiger partial charge in [0.25, 0.3) is 0 Å². The minimum atomic E-state index is -0.459. The number of hydrogen-bond acceptors (Lipinski definition) is 2. The molecule has 0 spiro atoms. The van der Waals surface area contributed by atoms with E-state index in [2.05, 4.69) is 153 Å². The number of imide groups is 1. The highest BCUT2D eigenvalue weighted by Crippen LogP contribution is 2.38. The second-order valence-electron chi connectivity index (χ2n) is 17.9. The van der Waals surface area contributed by atoms with Crippen LogP contribution in [0.2, 0.25) is 0 Å². The molecule has 0 saturated carbocycles. The Balaban J connectivity index is 1.23. The lowest BCUT2D eigenvalue weighted by Gasteiger charge is -2.38. The van der Waals surface area contributed by atoms with Crippen molar-refractivity contribution in [1.29, 1.82) is 0 Å². The highest BCUT2D eigenvalue weighted by atomic mass is 16.2. The molecular formula is C56H85N5O2+2. The minimum absolute atomic E-state index is 0.459. The van der Waals surface area contributed by atoms with Crippen molar-refractivity contribution in [3.8, 4) is 0 Å². The average molecular weight is 860 g/mol. The van der Waals surface area contributed by atoms with Crippen molar-refractivity contribution >= 4 is 34.8 Å². The third kappa shape index (κ3) is 17.2. The molecule has 4 aromatic rings. The number of urea groups is 2. The van der Waals surface area contributed by atoms with Gasteiger partial charge in [0.1, 0.15) is 22.7 Å². The quantitative estimate of drug-likeness (QED) is 0.0338. The molecule has 0 unspecified atom stereocenters. The van der Waals surface area contributed by atoms with Crippen molar-refractivity contribution in [1.82, 2.24) is 24.9 Å². The molecule has 344 valence electrons. The van der Waals surface area contributed by atoms with E-state index in [4.69, 9.17) is 0 Å². The number of nitrogens with one attached hydrogen (secondary N) is 3. The van der Waals surface area contributed by atoms with Gasteiger partial charge in [-0.05, 0) is 137 Å². The van der Waals surface area contributed by atoms with Crippen LogP contribution >= 0.6 is 0 Å². The number of hydrogen-bond donors (Lipinski definition) is 3. The monoisotopic (exact) mass is 860 g/mol. The van der Waals surface area contributed by atoms with Crippen LogP contribution in [0.4, 0.5) is 32.3 Å². The molecule has 0 aliphatic heterocycles. The van der Waals surface area contributed by atoms with Crippen LogP contribution in [0.1, 0.15) is 154 Å². The summed E-state index contributed by atoms with van der Waals surface area (Å²) in [5.41, 5.74) is 8.00. The Kier molecular flexibility index (Phi) is 24.2. The molecule has 7 heteroatoms. The first-order valence-electron chi connectivity index (χ1n) is 25.3. The predicted molar refractivity (Wildman–Crippen MR) is 271 cm³/mol. The number of unbranched alkanes of at least 4 members (excludes halogenated alkanes) is 12. The summed E-state index contributed by atoms with van der Waals surface area (Å²) in [6.45, 7) is 14.6. The van der Waals surface area contributed by atoms with Gasteiger partial charge in [-0.1, -0.05) is 140 Å². The molecule has 7 nitrogen and oxygen atoms in total. The molecule has 4 rings (SSSR count). The van der Waals surface area contributed by atoms with Crippen molar-refractivity contribution < 1.29 is 9.59 Å². The van der Waals surface area contributed by atoms with Crippen molar-refractivity contribution in [3.05, 3.63) is 120 Å². The first-order valence-corrected chi connectivity index (χ1v) is 25.3. The van der Waals surface area contributed by atoms with E-state index in [1.807, 2.05) is 0 Å². The Morgan fingerprint density at radius 3 is 0.968 bits per heavy atom. The average Bonchev–Trinajstić information content (AvgIpc) is 3.32. The molecule has 0 bridgehead atoms. The zero-order chi connectivity index (χ0) is 44.9. The molecule has 4 aromatic carbocycles. The van der Waals surface area contributed by atoms with Crippen molar-refractivity contribution in [2.24, 2.45) is 0 Å². The summed E-state index contributed by atoms with van der Waals surface area (Å²) < 4.78 is 1.80. The fourth-order valence-electron chi connectivity index (χ4n) is 9.29. The summed E-state index contributed by atoms with van der Waals surface area (Å²) >= 11 is 0. The number of para-hydroxylation sites is 2. The summed E-state index contributed by atoms with van der Waals surface area (Å²) in [5, 5.41) is 8.20. The van der Waals surface area contributed by atoms with Gasteiger partial charge < -0.3 is 10.6 Å². The topological polar surface area (TPSA) is 70.2 Å². The van der Waals surface area contributed by atoms with E-state index < -0.39 is 12.1 Å². The lowest BCUT2D eigenvalue weighted by molar-refractivity contribution is 0.227. The molecule has 0 aromatic heterocycles. The van der Waals surface area contributed by atoms with Crippen LogP contribution in [-0.4, -0.2) is 51.3 Å². The van der Waals surface area contributed by atoms with Gasteiger partial charge >= 0.3 is 12.1 Å². The number of carbonyl (C=O) groups excluding carboxylic acids is 2. The number of carbonyl (C=O) groups is 2. The Hall–Kier alpha value is -4.46. The van der Waals surface area contributed by atoms with E-state index in [9.17, 15) is 9.59 Å². The van der Waals surface area contributed by atoms with Gasteiger partial charge in [0.15, 0.2) is 0 Å². The predicted octanol–water partition coefficient (Wildman–Crippen LogP) is 14.9. The molecule has 0 heterocycles. The van der Waals surface area contributed by atoms with E-state index in [-0.39, 0.29) is 0 Å². The third-order valence-electron chi connectivity index (χ3n) is 13.0. The maximum atomic E-state index is 12.6. The Morgan fingerprint density at radius 1 is 0.365 bits per heavy atom. The zero-order valence-electron chi connectivity index (χ0n) is 40.0. The number of rotatable bonds is 32. The smallest absolute Gasteiger partial charge is 0.322 e. The third-order valence-corrected chi connectivity index (χ3v) is 13.0. The lowest BCUT2D eigenvalue weighted by Crippen LogP contribution is -2.46. The molecular weight excluding hydrogens is 775 g/mol. The number of nitrogens with zero attached hydrogens (tertiary/aromatic N) is 2. The van der Waals surface area contributed by atoms with Gasteiger partial charge in [0.2, 0.25) is 0 Å². The van der Waals surface area contributed by atoms with Crippen LogP contribution in [0, 0.1) is 0 Å². The second kappa shape index (κ2) is 29.8. The van der Waals surface area contributed by atoms with E-state index in [0.717, 1.165) is 60.8 Å². The first-order chi connectivity index (χ1) is 30.9. The van der Waals surface area contributed by atoms with E-state index in [1.54, 1.807) is 0 Å². The molecule has 0 radical (unpaired) electrons. The summed E-state index contributed by atoms with van der Waals surface area (Å²) in [5.74, 6) is 0. The van der Waals surface area contributed by atoms with Crippen LogP contribution in [0.25, 0.3) is 0 Å². The van der Waals surface area contributed by atoms with Crippen LogP contribution in [0.3, 0.4) is 0 Å². The SMILES string of the molecule is CCCCCC[N+](CCCCCC)(c1ccccc1)c1ccc(CCCNC(=O)NC(=O)NCCCc2ccc([N+](CCCCCC)(CCCCCC)c3ccccc3)cc2)cc1. The van der Waals surface area contributed by atoms with Gasteiger partial charge in [-0.2, -0.15) is 0 Å². The molecule has 0 aliphatic carbocycles. The largest absolute Gasteiger partial charge is 0.338 e. The fourth-order valence-corrected chi connectivity index (χ4v) is 9.29. The second-order valence-corrected chi connectivity index (χ2v) is 17.9. The highest BCUT2D eigenvalue weighted by Gasteiger charge is 2.34. The minimum Gasteiger partial charge on any atom is -0.338 e. The van der Waals surface area contributed by atoms with Crippen LogP contribution < -0.4 is 24.9 Å². The van der Waals surface area contributed by atoms with E-state index in [1.165, 1.54) is 137 Å². The Bertz CT molecular complexity index is 1640. The number of aryl methyl sites for hydroxylation is 2. The molecule has 0 saturated heterocycles. The van der Waals surface area contributed by atoms with Gasteiger partial charge in [-0.25, -0.2) is 9.59 Å². The van der Waals surface area contributed by atoms with Crippen LogP contribution in [0.5, 0.6) is 0 Å². The Morgan fingerprint density at radius 2 is 0.667 bits per heavy atom. The summed E-state index contributed by atoms with van der Waals surface area (Å²) in [4.78, 5) is 25.2. The Labute approximate surface area is 383 Å². The van der Waals surface area contributed by atoms with Crippen molar-refractivity contribution in [3.63, 3.8) is 0 Å². The van der Waals surface area contributed by atoms with Crippen LogP contribution in [0.15, 0.2) is 109 Å². The summed E-state index contributed by atoms with van der Waals surface area (Å²) in [6.07, 6.45) is 23.3. The zero-order valence-corrected chi connectivity index (χ0v) is 40.0. The van der Waals surface area contributed by atoms with Crippen molar-refractivity contribution in [2.45, 2.75) is 156 Å². The highest BCUT2D eigenvalue weighted by molar-refractivity contribution is 5.93. The van der Waals surface area contributed by atoms with Gasteiger partial charge in [-0.15, -0.1) is 0 Å². The standard InChI is InChI=1S/C56H83N5O2/c1-5-9-13-23-45-60(46-24-14-10-6-2,51-31-19-17-20-32-51)53-39-35-49(36-40-53)29-27-43-57-55(62)59-56(63)58-44-28-30-50-37-41-54(42-38-50)61(47-25-15-11-7-3,48-26-16-12-8-4)52-33-21-18-22-34-52/h17-22,31-42H,5-16,23-30,43-48H2,1-4H3,(H-2,57,58,59,62,63)/p+2. The maximum absolute atomic E-state index is 12.6. The summed E-state index contributed by atoms with van der Waals surface area (Å²) in [6, 6.07) is 39.7. The van der Waals surface area contributed by atoms with Gasteiger partial charge in [0.05, 0.1) is 26.2 Å². The van der Waals surface area contributed by atoms with E-state index >= 15 is 0 Å². The number of amides is 4. The fraction of sp³-hybridized carbons (Fsp3) is 0.536. The van der Waals surface area contributed by atoms with Crippen molar-refractivity contribution in [2.75, 3.05) is 39.3 Å². The lowest BCUT2D eigenvalue weighted by atomic mass is 10.0. The normalized spacial score (nSPS) is 11.7. The summed E-state index contributed by atoms with van der Waals surface area (Å²) in [7, 11) is 0. The maximum Gasteiger partial charge on any atom is 0.322 e. The first kappa shape index (κ1) is 51.2. The van der Waals surface area contributed by atoms with Gasteiger partial charge in [-0.3, -0.25) is 14.3 Å². The number of quaternary nitrogens is 2. The van der Waals surface area contributed by atoms with Gasteiger partial charge in [0, 0.05) is 13.1 Å². The molecule has 3 N–H and O–H groups in total. The number of benzene rings is 4. The molecule has 63 heavy (non-hydrogen) atoms. The van der Waals surface area contributed by atoms with E-state index in [0.29, 0.717) is 13.1 Å². The molecule has 0 atom stereocenters. The molecule has 0 fully saturated rings.